The lowest BCUT2D eigenvalue weighted by Crippen LogP contribution is -2.49. The number of rotatable bonds is 1. The second kappa shape index (κ2) is 4.91. The first kappa shape index (κ1) is 14.2. The Morgan fingerprint density at radius 2 is 2.14 bits per heavy atom. The van der Waals surface area contributed by atoms with Crippen LogP contribution in [0.1, 0.15) is 38.3 Å². The van der Waals surface area contributed by atoms with Gasteiger partial charge in [0.2, 0.25) is 0 Å². The van der Waals surface area contributed by atoms with Crippen LogP contribution in [0.4, 0.5) is 0 Å². The monoisotopic (exact) mass is 302 g/mol. The summed E-state index contributed by atoms with van der Waals surface area (Å²) in [6.07, 6.45) is 1.32. The number of nitrogens with zero attached hydrogens (tertiary/aromatic N) is 1. The Morgan fingerprint density at radius 3 is 2.86 bits per heavy atom. The SMILES string of the molecule is CC1(C)CC(=O)C2C(=NC(=S)NC2c2cccc(O)c2)C1. The number of nitrogens with one attached hydrogen (secondary N) is 1. The summed E-state index contributed by atoms with van der Waals surface area (Å²) in [7, 11) is 0. The molecule has 2 N–H and O–H groups in total. The van der Waals surface area contributed by atoms with E-state index in [4.69, 9.17) is 12.2 Å². The van der Waals surface area contributed by atoms with Crippen molar-refractivity contribution in [1.29, 1.82) is 0 Å². The molecule has 4 nitrogen and oxygen atoms in total. The lowest BCUT2D eigenvalue weighted by atomic mass is 9.67. The van der Waals surface area contributed by atoms with Gasteiger partial charge in [-0.3, -0.25) is 4.79 Å². The molecule has 2 unspecified atom stereocenters. The van der Waals surface area contributed by atoms with Gasteiger partial charge >= 0.3 is 0 Å². The molecule has 0 saturated heterocycles. The Balaban J connectivity index is 2.02. The molecule has 1 aromatic carbocycles. The zero-order valence-corrected chi connectivity index (χ0v) is 12.9. The third-order valence-corrected chi connectivity index (χ3v) is 4.31. The van der Waals surface area contributed by atoms with Crippen molar-refractivity contribution in [1.82, 2.24) is 5.32 Å². The largest absolute Gasteiger partial charge is 0.508 e. The maximum Gasteiger partial charge on any atom is 0.193 e. The third-order valence-electron chi connectivity index (χ3n) is 4.11. The van der Waals surface area contributed by atoms with Crippen molar-refractivity contribution >= 4 is 28.8 Å². The van der Waals surface area contributed by atoms with Crippen molar-refractivity contribution in [2.45, 2.75) is 32.7 Å². The molecule has 0 radical (unpaired) electrons. The number of fused-ring (bicyclic) bond motifs is 1. The van der Waals surface area contributed by atoms with Gasteiger partial charge in [-0.05, 0) is 41.7 Å². The van der Waals surface area contributed by atoms with E-state index in [2.05, 4.69) is 24.2 Å². The van der Waals surface area contributed by atoms with Gasteiger partial charge in [0.05, 0.1) is 12.0 Å². The number of carbonyl (C=O) groups is 1. The predicted octanol–water partition coefficient (Wildman–Crippen LogP) is 2.77. The Bertz CT molecular complexity index is 651. The second-order valence-electron chi connectivity index (χ2n) is 6.59. The van der Waals surface area contributed by atoms with Crippen molar-refractivity contribution in [3.05, 3.63) is 29.8 Å². The van der Waals surface area contributed by atoms with Crippen LogP contribution < -0.4 is 5.32 Å². The van der Waals surface area contributed by atoms with Crippen LogP contribution >= 0.6 is 12.2 Å². The summed E-state index contributed by atoms with van der Waals surface area (Å²) in [6.45, 7) is 4.16. The molecule has 2 atom stereocenters. The molecule has 1 heterocycles. The highest BCUT2D eigenvalue weighted by molar-refractivity contribution is 7.80. The highest BCUT2D eigenvalue weighted by atomic mass is 32.1. The van der Waals surface area contributed by atoms with Crippen LogP contribution in [0.5, 0.6) is 5.75 Å². The molecule has 0 bridgehead atoms. The Kier molecular flexibility index (Phi) is 3.32. The summed E-state index contributed by atoms with van der Waals surface area (Å²) in [4.78, 5) is 17.0. The summed E-state index contributed by atoms with van der Waals surface area (Å²) in [5.74, 6) is 0.0905. The van der Waals surface area contributed by atoms with Crippen LogP contribution in [0.3, 0.4) is 0 Å². The van der Waals surface area contributed by atoms with Gasteiger partial charge in [0.1, 0.15) is 11.5 Å². The molecule has 0 amide bonds. The average molecular weight is 302 g/mol. The predicted molar refractivity (Wildman–Crippen MR) is 85.5 cm³/mol. The number of hydrogen-bond donors (Lipinski definition) is 2. The van der Waals surface area contributed by atoms with Gasteiger partial charge in [-0.25, -0.2) is 4.99 Å². The van der Waals surface area contributed by atoms with Crippen LogP contribution in [0, 0.1) is 11.3 Å². The molecule has 0 aromatic heterocycles. The molecule has 5 heteroatoms. The summed E-state index contributed by atoms with van der Waals surface area (Å²) in [6, 6.07) is 6.73. The van der Waals surface area contributed by atoms with Gasteiger partial charge in [-0.2, -0.15) is 0 Å². The smallest absolute Gasteiger partial charge is 0.193 e. The zero-order valence-electron chi connectivity index (χ0n) is 12.1. The van der Waals surface area contributed by atoms with Gasteiger partial charge in [-0.1, -0.05) is 26.0 Å². The van der Waals surface area contributed by atoms with Gasteiger partial charge < -0.3 is 10.4 Å². The fraction of sp³-hybridized carbons (Fsp3) is 0.438. The van der Waals surface area contributed by atoms with E-state index < -0.39 is 0 Å². The molecule has 0 spiro atoms. The molecule has 3 rings (SSSR count). The Morgan fingerprint density at radius 1 is 1.38 bits per heavy atom. The first-order valence-electron chi connectivity index (χ1n) is 7.05. The maximum absolute atomic E-state index is 12.6. The Hall–Kier alpha value is -1.75. The second-order valence-corrected chi connectivity index (χ2v) is 6.97. The minimum absolute atomic E-state index is 0.0667. The first-order valence-corrected chi connectivity index (χ1v) is 7.46. The van der Waals surface area contributed by atoms with Crippen LogP contribution in [-0.2, 0) is 4.79 Å². The third kappa shape index (κ3) is 2.70. The van der Waals surface area contributed by atoms with Gasteiger partial charge in [0.15, 0.2) is 5.11 Å². The van der Waals surface area contributed by atoms with Crippen molar-refractivity contribution in [2.24, 2.45) is 16.3 Å². The van der Waals surface area contributed by atoms with E-state index in [9.17, 15) is 9.90 Å². The van der Waals surface area contributed by atoms with Crippen molar-refractivity contribution in [2.75, 3.05) is 0 Å². The van der Waals surface area contributed by atoms with Gasteiger partial charge in [0.25, 0.3) is 0 Å². The Labute approximate surface area is 129 Å². The number of ketones is 1. The summed E-state index contributed by atoms with van der Waals surface area (Å²) < 4.78 is 0. The highest BCUT2D eigenvalue weighted by Crippen LogP contribution is 2.41. The lowest BCUT2D eigenvalue weighted by Gasteiger charge is -2.40. The standard InChI is InChI=1S/C16H18N2O2S/c1-16(2)7-11-13(12(20)8-16)14(18-15(21)17-11)9-4-3-5-10(19)6-9/h3-6,13-14,19H,7-8H2,1-2H3,(H,18,21). The first-order chi connectivity index (χ1) is 9.85. The number of phenolic OH excluding ortho intramolecular Hbond substituents is 1. The molecule has 1 saturated carbocycles. The quantitative estimate of drug-likeness (QED) is 0.783. The van der Waals surface area contributed by atoms with E-state index in [0.29, 0.717) is 11.5 Å². The number of hydrogen-bond acceptors (Lipinski definition) is 3. The van der Waals surface area contributed by atoms with Crippen LogP contribution in [0.15, 0.2) is 29.3 Å². The van der Waals surface area contributed by atoms with Crippen LogP contribution in [0.25, 0.3) is 0 Å². The summed E-state index contributed by atoms with van der Waals surface area (Å²) >= 11 is 5.23. The van der Waals surface area contributed by atoms with E-state index in [-0.39, 0.29) is 28.9 Å². The fourth-order valence-corrected chi connectivity index (χ4v) is 3.53. The van der Waals surface area contributed by atoms with E-state index in [1.165, 1.54) is 0 Å². The summed E-state index contributed by atoms with van der Waals surface area (Å²) in [5, 5.41) is 13.2. The van der Waals surface area contributed by atoms with E-state index >= 15 is 0 Å². The zero-order chi connectivity index (χ0) is 15.2. The molecular formula is C16H18N2O2S. The molecular weight excluding hydrogens is 284 g/mol. The van der Waals surface area contributed by atoms with Crippen molar-refractivity contribution < 1.29 is 9.90 Å². The maximum atomic E-state index is 12.6. The normalized spacial score (nSPS) is 27.6. The molecule has 1 fully saturated rings. The average Bonchev–Trinajstić information content (AvgIpc) is 2.35. The number of thiocarbonyl (C=S) groups is 1. The van der Waals surface area contributed by atoms with E-state index in [1.807, 2.05) is 6.07 Å². The minimum atomic E-state index is -0.286. The lowest BCUT2D eigenvalue weighted by molar-refractivity contribution is -0.124. The van der Waals surface area contributed by atoms with Crippen LogP contribution in [0.2, 0.25) is 0 Å². The fourth-order valence-electron chi connectivity index (χ4n) is 3.29. The van der Waals surface area contributed by atoms with Crippen LogP contribution in [-0.4, -0.2) is 21.7 Å². The highest BCUT2D eigenvalue weighted by Gasteiger charge is 2.44. The topological polar surface area (TPSA) is 61.7 Å². The molecule has 1 aliphatic heterocycles. The van der Waals surface area contributed by atoms with Gasteiger partial charge in [-0.15, -0.1) is 0 Å². The van der Waals surface area contributed by atoms with Crippen molar-refractivity contribution in [3.8, 4) is 5.75 Å². The van der Waals surface area contributed by atoms with E-state index in [0.717, 1.165) is 17.7 Å². The molecule has 1 aromatic rings. The summed E-state index contributed by atoms with van der Waals surface area (Å²) in [5.41, 5.74) is 1.67. The van der Waals surface area contributed by atoms with E-state index in [1.54, 1.807) is 18.2 Å². The molecule has 2 aliphatic rings. The minimum Gasteiger partial charge on any atom is -0.508 e. The van der Waals surface area contributed by atoms with Gasteiger partial charge in [0, 0.05) is 12.1 Å². The number of phenols is 1. The molecule has 110 valence electrons. The number of aliphatic imine (C=N–C) groups is 1. The number of carbonyl (C=O) groups excluding carboxylic acids is 1. The van der Waals surface area contributed by atoms with Crippen molar-refractivity contribution in [3.63, 3.8) is 0 Å². The molecule has 1 aliphatic carbocycles. The molecule has 21 heavy (non-hydrogen) atoms. The number of Topliss-reactive ketones (excluding diaryl/α,β-unsaturated/α-hetero) is 1. The number of aromatic hydroxyl groups is 1. The number of benzene rings is 1.